The number of halogens is 1. The van der Waals surface area contributed by atoms with Gasteiger partial charge in [-0.2, -0.15) is 0 Å². The Hall–Kier alpha value is -2.90. The van der Waals surface area contributed by atoms with Crippen LogP contribution in [0.5, 0.6) is 11.5 Å². The van der Waals surface area contributed by atoms with Gasteiger partial charge in [-0.3, -0.25) is 9.78 Å². The molecule has 0 saturated heterocycles. The Labute approximate surface area is 191 Å². The molecule has 2 aromatic carbocycles. The minimum Gasteiger partial charge on any atom is -0.490 e. The van der Waals surface area contributed by atoms with E-state index in [4.69, 9.17) is 9.47 Å². The van der Waals surface area contributed by atoms with Gasteiger partial charge in [0.05, 0.1) is 11.1 Å². The van der Waals surface area contributed by atoms with Crippen molar-refractivity contribution in [3.8, 4) is 11.5 Å². The van der Waals surface area contributed by atoms with Crippen LogP contribution in [0.2, 0.25) is 0 Å². The van der Waals surface area contributed by atoms with E-state index in [0.717, 1.165) is 27.8 Å². The first-order valence-electron chi connectivity index (χ1n) is 10.1. The van der Waals surface area contributed by atoms with Gasteiger partial charge >= 0.3 is 0 Å². The molecule has 31 heavy (non-hydrogen) atoms. The van der Waals surface area contributed by atoms with Crippen molar-refractivity contribution in [2.75, 3.05) is 18.5 Å². The Morgan fingerprint density at radius 1 is 1.00 bits per heavy atom. The number of ether oxygens (including phenoxy) is 2. The molecule has 0 aliphatic heterocycles. The smallest absolute Gasteiger partial charge is 0.262 e. The van der Waals surface area contributed by atoms with Crippen molar-refractivity contribution in [1.29, 1.82) is 0 Å². The Kier molecular flexibility index (Phi) is 8.44. The van der Waals surface area contributed by atoms with Crippen LogP contribution in [0.1, 0.15) is 23.6 Å². The van der Waals surface area contributed by atoms with Gasteiger partial charge in [-0.25, -0.2) is 0 Å². The average molecular weight is 484 g/mol. The van der Waals surface area contributed by atoms with Crippen molar-refractivity contribution in [2.24, 2.45) is 0 Å². The summed E-state index contributed by atoms with van der Waals surface area (Å²) in [5.41, 5.74) is 4.08. The maximum absolute atomic E-state index is 12.3. The molecule has 0 radical (unpaired) electrons. The van der Waals surface area contributed by atoms with Crippen LogP contribution in [0.25, 0.3) is 0 Å². The highest BCUT2D eigenvalue weighted by molar-refractivity contribution is 9.10. The van der Waals surface area contributed by atoms with Crippen LogP contribution in [-0.2, 0) is 17.9 Å². The number of carbonyl (C=O) groups is 1. The monoisotopic (exact) mass is 483 g/mol. The lowest BCUT2D eigenvalue weighted by Gasteiger charge is -2.16. The normalized spacial score (nSPS) is 10.5. The van der Waals surface area contributed by atoms with Crippen LogP contribution >= 0.6 is 15.9 Å². The minimum absolute atomic E-state index is 0.119. The first-order chi connectivity index (χ1) is 15.0. The predicted molar refractivity (Wildman–Crippen MR) is 125 cm³/mol. The standard InChI is InChI=1S/C24H26BrN3O3/c1-3-30-22-13-19(15-27-14-18-8-10-26-11-9-18)12-21(25)24(22)31-16-23(29)28-20-6-4-17(2)5-7-20/h4-13,27H,3,14-16H2,1-2H3,(H,28,29). The van der Waals surface area contributed by atoms with Crippen LogP contribution in [0.3, 0.4) is 0 Å². The second-order valence-corrected chi connectivity index (χ2v) is 7.85. The number of pyridine rings is 1. The first kappa shape index (κ1) is 22.8. The number of benzene rings is 2. The summed E-state index contributed by atoms with van der Waals surface area (Å²) in [6, 6.07) is 15.5. The Morgan fingerprint density at radius 3 is 2.42 bits per heavy atom. The molecule has 3 aromatic rings. The highest BCUT2D eigenvalue weighted by Crippen LogP contribution is 2.37. The van der Waals surface area contributed by atoms with Gasteiger partial charge in [0, 0.05) is 31.2 Å². The SMILES string of the molecule is CCOc1cc(CNCc2ccncc2)cc(Br)c1OCC(=O)Nc1ccc(C)cc1. The number of nitrogens with zero attached hydrogens (tertiary/aromatic N) is 1. The van der Waals surface area contributed by atoms with E-state index in [2.05, 4.69) is 31.5 Å². The maximum Gasteiger partial charge on any atom is 0.262 e. The van der Waals surface area contributed by atoms with Crippen LogP contribution in [-0.4, -0.2) is 24.1 Å². The number of hydrogen-bond acceptors (Lipinski definition) is 5. The third-order valence-corrected chi connectivity index (χ3v) is 5.05. The van der Waals surface area contributed by atoms with E-state index >= 15 is 0 Å². The fraction of sp³-hybridized carbons (Fsp3) is 0.250. The maximum atomic E-state index is 12.3. The Balaban J connectivity index is 1.61. The summed E-state index contributed by atoms with van der Waals surface area (Å²) < 4.78 is 12.3. The molecular formula is C24H26BrN3O3. The zero-order valence-corrected chi connectivity index (χ0v) is 19.2. The number of rotatable bonds is 10. The van der Waals surface area contributed by atoms with Gasteiger partial charge in [-0.15, -0.1) is 0 Å². The molecule has 1 aromatic heterocycles. The number of aryl methyl sites for hydroxylation is 1. The molecule has 6 nitrogen and oxygen atoms in total. The number of amides is 1. The van der Waals surface area contributed by atoms with Gasteiger partial charge in [0.1, 0.15) is 0 Å². The number of anilines is 1. The van der Waals surface area contributed by atoms with E-state index in [9.17, 15) is 4.79 Å². The zero-order chi connectivity index (χ0) is 22.1. The number of carbonyl (C=O) groups excluding carboxylic acids is 1. The van der Waals surface area contributed by atoms with Crippen LogP contribution in [0, 0.1) is 6.92 Å². The van der Waals surface area contributed by atoms with E-state index in [1.807, 2.05) is 62.4 Å². The first-order valence-corrected chi connectivity index (χ1v) is 10.9. The second kappa shape index (κ2) is 11.5. The molecule has 0 spiro atoms. The number of hydrogen-bond donors (Lipinski definition) is 2. The van der Waals surface area contributed by atoms with Gasteiger partial charge in [0.25, 0.3) is 5.91 Å². The van der Waals surface area contributed by atoms with Gasteiger partial charge in [-0.1, -0.05) is 17.7 Å². The summed E-state index contributed by atoms with van der Waals surface area (Å²) in [6.45, 7) is 5.69. The molecule has 3 rings (SSSR count). The molecular weight excluding hydrogens is 458 g/mol. The molecule has 7 heteroatoms. The fourth-order valence-electron chi connectivity index (χ4n) is 2.95. The van der Waals surface area contributed by atoms with Gasteiger partial charge in [-0.05, 0) is 77.3 Å². The van der Waals surface area contributed by atoms with Crippen molar-refractivity contribution >= 4 is 27.5 Å². The van der Waals surface area contributed by atoms with Crippen molar-refractivity contribution in [1.82, 2.24) is 10.3 Å². The highest BCUT2D eigenvalue weighted by Gasteiger charge is 2.14. The minimum atomic E-state index is -0.235. The second-order valence-electron chi connectivity index (χ2n) is 7.00. The van der Waals surface area contributed by atoms with Crippen LogP contribution in [0.15, 0.2) is 65.4 Å². The lowest BCUT2D eigenvalue weighted by molar-refractivity contribution is -0.118. The third-order valence-electron chi connectivity index (χ3n) is 4.46. The topological polar surface area (TPSA) is 72.5 Å². The molecule has 0 aliphatic rings. The molecule has 0 unspecified atom stereocenters. The molecule has 0 aliphatic carbocycles. The Bertz CT molecular complexity index is 995. The Morgan fingerprint density at radius 2 is 1.71 bits per heavy atom. The molecule has 0 saturated carbocycles. The molecule has 162 valence electrons. The van der Waals surface area contributed by atoms with Crippen molar-refractivity contribution in [2.45, 2.75) is 26.9 Å². The quantitative estimate of drug-likeness (QED) is 0.430. The van der Waals surface area contributed by atoms with Crippen LogP contribution in [0.4, 0.5) is 5.69 Å². The highest BCUT2D eigenvalue weighted by atomic mass is 79.9. The lowest BCUT2D eigenvalue weighted by atomic mass is 10.2. The summed E-state index contributed by atoms with van der Waals surface area (Å²) in [5, 5.41) is 6.24. The molecule has 0 bridgehead atoms. The third kappa shape index (κ3) is 7.08. The fourth-order valence-corrected chi connectivity index (χ4v) is 3.55. The van der Waals surface area contributed by atoms with Crippen LogP contribution < -0.4 is 20.1 Å². The summed E-state index contributed by atoms with van der Waals surface area (Å²) in [5.74, 6) is 0.876. The number of nitrogens with one attached hydrogen (secondary N) is 2. The lowest BCUT2D eigenvalue weighted by Crippen LogP contribution is -2.20. The van der Waals surface area contributed by atoms with E-state index in [1.165, 1.54) is 5.56 Å². The van der Waals surface area contributed by atoms with Gasteiger partial charge in [0.15, 0.2) is 18.1 Å². The molecule has 1 heterocycles. The van der Waals surface area contributed by atoms with Crippen molar-refractivity contribution in [3.63, 3.8) is 0 Å². The predicted octanol–water partition coefficient (Wildman–Crippen LogP) is 4.86. The van der Waals surface area contributed by atoms with Gasteiger partial charge in [0.2, 0.25) is 0 Å². The summed E-state index contributed by atoms with van der Waals surface area (Å²) >= 11 is 3.56. The van der Waals surface area contributed by atoms with E-state index in [1.54, 1.807) is 12.4 Å². The molecule has 1 amide bonds. The van der Waals surface area contributed by atoms with Gasteiger partial charge < -0.3 is 20.1 Å². The summed E-state index contributed by atoms with van der Waals surface area (Å²) in [7, 11) is 0. The summed E-state index contributed by atoms with van der Waals surface area (Å²) in [6.07, 6.45) is 3.56. The zero-order valence-electron chi connectivity index (χ0n) is 17.7. The number of aromatic nitrogens is 1. The average Bonchev–Trinajstić information content (AvgIpc) is 2.76. The van der Waals surface area contributed by atoms with Crippen molar-refractivity contribution < 1.29 is 14.3 Å². The van der Waals surface area contributed by atoms with Crippen molar-refractivity contribution in [3.05, 3.63) is 82.1 Å². The molecule has 0 atom stereocenters. The van der Waals surface area contributed by atoms with E-state index < -0.39 is 0 Å². The summed E-state index contributed by atoms with van der Waals surface area (Å²) in [4.78, 5) is 16.3. The molecule has 0 fully saturated rings. The molecule has 2 N–H and O–H groups in total. The largest absolute Gasteiger partial charge is 0.490 e. The van der Waals surface area contributed by atoms with E-state index in [0.29, 0.717) is 24.7 Å². The van der Waals surface area contributed by atoms with E-state index in [-0.39, 0.29) is 12.5 Å².